The highest BCUT2D eigenvalue weighted by Crippen LogP contribution is 2.32. The predicted octanol–water partition coefficient (Wildman–Crippen LogP) is 2.63. The Morgan fingerprint density at radius 3 is 2.50 bits per heavy atom. The fourth-order valence-electron chi connectivity index (χ4n) is 3.35. The number of nitrogens with zero attached hydrogens (tertiary/aromatic N) is 1. The van der Waals surface area contributed by atoms with Crippen LogP contribution in [0, 0.1) is 18.8 Å². The maximum atomic E-state index is 3.51. The molecule has 2 saturated heterocycles. The number of rotatable bonds is 2. The zero-order valence-corrected chi connectivity index (χ0v) is 12.0. The van der Waals surface area contributed by atoms with Crippen LogP contribution < -0.4 is 5.32 Å². The maximum Gasteiger partial charge on any atom is 0.0320 e. The van der Waals surface area contributed by atoms with Gasteiger partial charge in [0, 0.05) is 19.1 Å². The summed E-state index contributed by atoms with van der Waals surface area (Å²) in [5.41, 5.74) is 2.84. The van der Waals surface area contributed by atoms with Gasteiger partial charge in [0.2, 0.25) is 0 Å². The molecule has 1 unspecified atom stereocenters. The fraction of sp³-hybridized carbons (Fsp3) is 0.600. The molecule has 2 heterocycles. The van der Waals surface area contributed by atoms with Crippen molar-refractivity contribution in [2.24, 2.45) is 11.8 Å². The number of aryl methyl sites for hydroxylation is 1. The van der Waals surface area contributed by atoms with E-state index < -0.39 is 0 Å². The Kier molecular flexibility index (Phi) is 4.31. The lowest BCUT2D eigenvalue weighted by atomic mass is 10.0. The van der Waals surface area contributed by atoms with E-state index in [1.54, 1.807) is 0 Å². The molecule has 3 heteroatoms. The topological polar surface area (TPSA) is 15.3 Å². The minimum atomic E-state index is 0. The molecule has 0 radical (unpaired) electrons. The van der Waals surface area contributed by atoms with Gasteiger partial charge in [-0.2, -0.15) is 0 Å². The molecule has 0 bridgehead atoms. The summed E-state index contributed by atoms with van der Waals surface area (Å²) in [5, 5.41) is 3.51. The van der Waals surface area contributed by atoms with Crippen LogP contribution >= 0.6 is 12.4 Å². The Bertz CT molecular complexity index is 395. The summed E-state index contributed by atoms with van der Waals surface area (Å²) in [6, 6.07) is 9.53. The van der Waals surface area contributed by atoms with E-state index in [1.165, 1.54) is 37.3 Å². The first-order valence-corrected chi connectivity index (χ1v) is 6.75. The van der Waals surface area contributed by atoms with Crippen molar-refractivity contribution in [3.63, 3.8) is 0 Å². The summed E-state index contributed by atoms with van der Waals surface area (Å²) in [6.45, 7) is 9.52. The molecule has 2 fully saturated rings. The van der Waals surface area contributed by atoms with Gasteiger partial charge < -0.3 is 5.32 Å². The van der Waals surface area contributed by atoms with Crippen LogP contribution in [0.1, 0.15) is 24.1 Å². The van der Waals surface area contributed by atoms with E-state index in [1.807, 2.05) is 0 Å². The number of fused-ring (bicyclic) bond motifs is 1. The Hall–Kier alpha value is -0.570. The zero-order valence-electron chi connectivity index (χ0n) is 11.2. The molecule has 3 atom stereocenters. The molecule has 0 aliphatic carbocycles. The second kappa shape index (κ2) is 5.60. The standard InChI is InChI=1S/C15H22N2.ClH/c1-11-4-3-5-13(6-11)12(2)17-9-14-7-16-8-15(14)10-17;/h3-6,12,14-16H,7-10H2,1-2H3;1H/t12?,14-,15+;. The molecule has 0 aromatic heterocycles. The normalized spacial score (nSPS) is 28.8. The number of benzene rings is 1. The highest BCUT2D eigenvalue weighted by molar-refractivity contribution is 5.85. The highest BCUT2D eigenvalue weighted by Gasteiger charge is 2.37. The van der Waals surface area contributed by atoms with Crippen LogP contribution in [0.5, 0.6) is 0 Å². The minimum absolute atomic E-state index is 0. The summed E-state index contributed by atoms with van der Waals surface area (Å²) < 4.78 is 0. The Morgan fingerprint density at radius 2 is 1.89 bits per heavy atom. The third-order valence-electron chi connectivity index (χ3n) is 4.49. The molecule has 18 heavy (non-hydrogen) atoms. The van der Waals surface area contributed by atoms with Crippen LogP contribution in [0.25, 0.3) is 0 Å². The molecule has 0 amide bonds. The fourth-order valence-corrected chi connectivity index (χ4v) is 3.35. The first-order valence-electron chi connectivity index (χ1n) is 6.75. The Morgan fingerprint density at radius 1 is 1.22 bits per heavy atom. The van der Waals surface area contributed by atoms with Gasteiger partial charge >= 0.3 is 0 Å². The number of hydrogen-bond acceptors (Lipinski definition) is 2. The second-order valence-electron chi connectivity index (χ2n) is 5.72. The van der Waals surface area contributed by atoms with Crippen molar-refractivity contribution in [1.82, 2.24) is 10.2 Å². The monoisotopic (exact) mass is 266 g/mol. The number of halogens is 1. The molecule has 2 nitrogen and oxygen atoms in total. The molecule has 0 spiro atoms. The van der Waals surface area contributed by atoms with E-state index in [2.05, 4.69) is 48.3 Å². The third-order valence-corrected chi connectivity index (χ3v) is 4.49. The first kappa shape index (κ1) is 13.9. The number of likely N-dealkylation sites (tertiary alicyclic amines) is 1. The van der Waals surface area contributed by atoms with Crippen LogP contribution in [-0.4, -0.2) is 31.1 Å². The van der Waals surface area contributed by atoms with Gasteiger partial charge in [-0.25, -0.2) is 0 Å². The lowest BCUT2D eigenvalue weighted by Gasteiger charge is -2.25. The lowest BCUT2D eigenvalue weighted by Crippen LogP contribution is -2.28. The third kappa shape index (κ3) is 2.56. The van der Waals surface area contributed by atoms with E-state index in [9.17, 15) is 0 Å². The van der Waals surface area contributed by atoms with Crippen molar-refractivity contribution >= 4 is 12.4 Å². The van der Waals surface area contributed by atoms with Crippen LogP contribution in [-0.2, 0) is 0 Å². The molecular weight excluding hydrogens is 244 g/mol. The van der Waals surface area contributed by atoms with Crippen molar-refractivity contribution < 1.29 is 0 Å². The van der Waals surface area contributed by atoms with E-state index in [-0.39, 0.29) is 12.4 Å². The van der Waals surface area contributed by atoms with Gasteiger partial charge in [0.15, 0.2) is 0 Å². The van der Waals surface area contributed by atoms with Crippen LogP contribution in [0.4, 0.5) is 0 Å². The van der Waals surface area contributed by atoms with Crippen LogP contribution in [0.3, 0.4) is 0 Å². The molecule has 100 valence electrons. The summed E-state index contributed by atoms with van der Waals surface area (Å²) in [6.07, 6.45) is 0. The summed E-state index contributed by atoms with van der Waals surface area (Å²) >= 11 is 0. The predicted molar refractivity (Wildman–Crippen MR) is 78.3 cm³/mol. The van der Waals surface area contributed by atoms with E-state index in [0.717, 1.165) is 11.8 Å². The SMILES string of the molecule is Cc1cccc(C(C)N2C[C@H]3CNC[C@H]3C2)c1.Cl. The summed E-state index contributed by atoms with van der Waals surface area (Å²) in [5.74, 6) is 1.78. The summed E-state index contributed by atoms with van der Waals surface area (Å²) in [7, 11) is 0. The molecule has 2 aliphatic heterocycles. The van der Waals surface area contributed by atoms with E-state index in [4.69, 9.17) is 0 Å². The van der Waals surface area contributed by atoms with Gasteiger partial charge in [0.05, 0.1) is 0 Å². The first-order chi connectivity index (χ1) is 8.24. The van der Waals surface area contributed by atoms with Crippen LogP contribution in [0.15, 0.2) is 24.3 Å². The molecule has 0 saturated carbocycles. The molecule has 1 aromatic carbocycles. The van der Waals surface area contributed by atoms with Gasteiger partial charge in [-0.3, -0.25) is 4.90 Å². The number of nitrogens with one attached hydrogen (secondary N) is 1. The molecule has 3 rings (SSSR count). The maximum absolute atomic E-state index is 3.51. The van der Waals surface area contributed by atoms with Crippen molar-refractivity contribution in [2.75, 3.05) is 26.2 Å². The minimum Gasteiger partial charge on any atom is -0.316 e. The van der Waals surface area contributed by atoms with Crippen molar-refractivity contribution in [3.05, 3.63) is 35.4 Å². The Labute approximate surface area is 116 Å². The molecule has 2 aliphatic rings. The van der Waals surface area contributed by atoms with Gasteiger partial charge in [0.1, 0.15) is 0 Å². The van der Waals surface area contributed by atoms with Crippen molar-refractivity contribution in [3.8, 4) is 0 Å². The smallest absolute Gasteiger partial charge is 0.0320 e. The number of hydrogen-bond donors (Lipinski definition) is 1. The van der Waals surface area contributed by atoms with Gasteiger partial charge in [-0.15, -0.1) is 12.4 Å². The van der Waals surface area contributed by atoms with E-state index >= 15 is 0 Å². The van der Waals surface area contributed by atoms with Gasteiger partial charge in [0.25, 0.3) is 0 Å². The van der Waals surface area contributed by atoms with Crippen LogP contribution in [0.2, 0.25) is 0 Å². The largest absolute Gasteiger partial charge is 0.316 e. The van der Waals surface area contributed by atoms with Crippen molar-refractivity contribution in [2.45, 2.75) is 19.9 Å². The average Bonchev–Trinajstić information content (AvgIpc) is 2.88. The average molecular weight is 267 g/mol. The quantitative estimate of drug-likeness (QED) is 0.885. The Balaban J connectivity index is 0.00000120. The second-order valence-corrected chi connectivity index (χ2v) is 5.72. The molecular formula is C15H23ClN2. The highest BCUT2D eigenvalue weighted by atomic mass is 35.5. The van der Waals surface area contributed by atoms with Gasteiger partial charge in [-0.05, 0) is 44.3 Å². The van der Waals surface area contributed by atoms with Crippen molar-refractivity contribution in [1.29, 1.82) is 0 Å². The molecule has 1 N–H and O–H groups in total. The zero-order chi connectivity index (χ0) is 11.8. The lowest BCUT2D eigenvalue weighted by molar-refractivity contribution is 0.244. The van der Waals surface area contributed by atoms with E-state index in [0.29, 0.717) is 6.04 Å². The van der Waals surface area contributed by atoms with Gasteiger partial charge in [-0.1, -0.05) is 29.8 Å². The molecule has 1 aromatic rings. The summed E-state index contributed by atoms with van der Waals surface area (Å²) in [4.78, 5) is 2.66.